The Morgan fingerprint density at radius 1 is 1.17 bits per heavy atom. The van der Waals surface area contributed by atoms with Gasteiger partial charge in [0.05, 0.1) is 12.6 Å². The minimum atomic E-state index is -0.0642. The van der Waals surface area contributed by atoms with Gasteiger partial charge in [-0.25, -0.2) is 4.99 Å². The summed E-state index contributed by atoms with van der Waals surface area (Å²) in [5.41, 5.74) is 6.95. The molecule has 1 aromatic rings. The lowest BCUT2D eigenvalue weighted by Crippen LogP contribution is -2.44. The van der Waals surface area contributed by atoms with Crippen LogP contribution in [0, 0.1) is 0 Å². The number of ether oxygens (including phenoxy) is 1. The van der Waals surface area contributed by atoms with Gasteiger partial charge in [-0.05, 0) is 64.2 Å². The average molecular weight is 431 g/mol. The first-order chi connectivity index (χ1) is 10.4. The largest absolute Gasteiger partial charge is 0.490 e. The molecule has 4 nitrogen and oxygen atoms in total. The molecule has 5 heteroatoms. The third kappa shape index (κ3) is 7.90. The van der Waals surface area contributed by atoms with Crippen LogP contribution in [0.3, 0.4) is 0 Å². The van der Waals surface area contributed by atoms with E-state index in [9.17, 15) is 0 Å². The molecule has 0 unspecified atom stereocenters. The smallest absolute Gasteiger partial charge is 0.189 e. The van der Waals surface area contributed by atoms with Crippen molar-refractivity contribution in [2.24, 2.45) is 10.7 Å². The monoisotopic (exact) mass is 431 g/mol. The van der Waals surface area contributed by atoms with Gasteiger partial charge >= 0.3 is 0 Å². The maximum atomic E-state index is 6.03. The third-order valence-corrected chi connectivity index (χ3v) is 3.71. The predicted octanol–water partition coefficient (Wildman–Crippen LogP) is 4.22. The van der Waals surface area contributed by atoms with Gasteiger partial charge in [0.15, 0.2) is 5.96 Å². The van der Waals surface area contributed by atoms with E-state index in [1.165, 1.54) is 32.1 Å². The Morgan fingerprint density at radius 2 is 1.78 bits per heavy atom. The van der Waals surface area contributed by atoms with Crippen LogP contribution in [0.25, 0.3) is 0 Å². The Morgan fingerprint density at radius 3 is 2.35 bits per heavy atom. The SMILES string of the molecule is CC(C)(C)NC(N)=NCc1ccc(OC2CCCCC2)cc1.I. The van der Waals surface area contributed by atoms with Crippen LogP contribution in [0.1, 0.15) is 58.4 Å². The lowest BCUT2D eigenvalue weighted by molar-refractivity contribution is 0.155. The van der Waals surface area contributed by atoms with E-state index in [1.54, 1.807) is 0 Å². The predicted molar refractivity (Wildman–Crippen MR) is 108 cm³/mol. The maximum absolute atomic E-state index is 6.03. The van der Waals surface area contributed by atoms with Gasteiger partial charge in [0.2, 0.25) is 0 Å². The molecular weight excluding hydrogens is 401 g/mol. The summed E-state index contributed by atoms with van der Waals surface area (Å²) >= 11 is 0. The van der Waals surface area contributed by atoms with Crippen molar-refractivity contribution in [3.05, 3.63) is 29.8 Å². The molecular formula is C18H30IN3O. The molecule has 0 aliphatic heterocycles. The first kappa shape index (κ1) is 20.1. The second-order valence-electron chi connectivity index (χ2n) is 7.10. The molecule has 0 heterocycles. The summed E-state index contributed by atoms with van der Waals surface area (Å²) in [6.07, 6.45) is 6.68. The first-order valence-electron chi connectivity index (χ1n) is 8.26. The fraction of sp³-hybridized carbons (Fsp3) is 0.611. The van der Waals surface area contributed by atoms with E-state index in [4.69, 9.17) is 10.5 Å². The fourth-order valence-electron chi connectivity index (χ4n) is 2.65. The third-order valence-electron chi connectivity index (χ3n) is 3.71. The molecule has 1 aliphatic carbocycles. The topological polar surface area (TPSA) is 59.6 Å². The van der Waals surface area contributed by atoms with E-state index in [0.29, 0.717) is 18.6 Å². The summed E-state index contributed by atoms with van der Waals surface area (Å²) in [6, 6.07) is 8.19. The Labute approximate surface area is 157 Å². The van der Waals surface area contributed by atoms with Gasteiger partial charge in [-0.2, -0.15) is 0 Å². The van der Waals surface area contributed by atoms with Gasteiger partial charge in [-0.15, -0.1) is 24.0 Å². The van der Waals surface area contributed by atoms with Gasteiger partial charge in [-0.3, -0.25) is 0 Å². The van der Waals surface area contributed by atoms with Crippen LogP contribution in [0.2, 0.25) is 0 Å². The van der Waals surface area contributed by atoms with E-state index >= 15 is 0 Å². The number of nitrogens with one attached hydrogen (secondary N) is 1. The number of benzene rings is 1. The molecule has 0 bridgehead atoms. The summed E-state index contributed by atoms with van der Waals surface area (Å²) in [5.74, 6) is 1.44. The number of nitrogens with zero attached hydrogens (tertiary/aromatic N) is 1. The van der Waals surface area contributed by atoms with Crippen LogP contribution in [-0.4, -0.2) is 17.6 Å². The Balaban J connectivity index is 0.00000264. The van der Waals surface area contributed by atoms with Crippen molar-refractivity contribution in [3.63, 3.8) is 0 Å². The van der Waals surface area contributed by atoms with Gasteiger partial charge in [0.1, 0.15) is 5.75 Å². The number of guanidine groups is 1. The zero-order valence-corrected chi connectivity index (χ0v) is 16.8. The average Bonchev–Trinajstić information content (AvgIpc) is 2.46. The van der Waals surface area contributed by atoms with E-state index in [-0.39, 0.29) is 29.5 Å². The number of nitrogens with two attached hydrogens (primary N) is 1. The second kappa shape index (κ2) is 9.35. The molecule has 0 spiro atoms. The van der Waals surface area contributed by atoms with Crippen molar-refractivity contribution in [2.75, 3.05) is 0 Å². The van der Waals surface area contributed by atoms with Gasteiger partial charge in [0.25, 0.3) is 0 Å². The molecule has 23 heavy (non-hydrogen) atoms. The minimum Gasteiger partial charge on any atom is -0.490 e. The van der Waals surface area contributed by atoms with E-state index in [1.807, 2.05) is 12.1 Å². The zero-order valence-electron chi connectivity index (χ0n) is 14.5. The molecule has 130 valence electrons. The van der Waals surface area contributed by atoms with Crippen molar-refractivity contribution in [2.45, 2.75) is 71.1 Å². The Bertz CT molecular complexity index is 488. The van der Waals surface area contributed by atoms with Crippen LogP contribution in [0.5, 0.6) is 5.75 Å². The van der Waals surface area contributed by atoms with Crippen molar-refractivity contribution in [3.8, 4) is 5.75 Å². The number of aliphatic imine (C=N–C) groups is 1. The zero-order chi connectivity index (χ0) is 16.0. The summed E-state index contributed by atoms with van der Waals surface area (Å²) in [7, 11) is 0. The molecule has 1 fully saturated rings. The van der Waals surface area contributed by atoms with Crippen LogP contribution in [0.15, 0.2) is 29.3 Å². The van der Waals surface area contributed by atoms with E-state index < -0.39 is 0 Å². The lowest BCUT2D eigenvalue weighted by Gasteiger charge is -2.23. The molecule has 0 amide bonds. The molecule has 3 N–H and O–H groups in total. The molecule has 0 atom stereocenters. The molecule has 0 saturated heterocycles. The minimum absolute atomic E-state index is 0. The fourth-order valence-corrected chi connectivity index (χ4v) is 2.65. The first-order valence-corrected chi connectivity index (χ1v) is 8.26. The van der Waals surface area contributed by atoms with Gasteiger partial charge in [-0.1, -0.05) is 18.6 Å². The number of hydrogen-bond acceptors (Lipinski definition) is 2. The van der Waals surface area contributed by atoms with E-state index in [2.05, 4.69) is 43.2 Å². The highest BCUT2D eigenvalue weighted by molar-refractivity contribution is 14.0. The molecule has 1 saturated carbocycles. The van der Waals surface area contributed by atoms with Gasteiger partial charge in [0, 0.05) is 5.54 Å². The summed E-state index contributed by atoms with van der Waals surface area (Å²) in [4.78, 5) is 4.37. The quantitative estimate of drug-likeness (QED) is 0.427. The highest BCUT2D eigenvalue weighted by Gasteiger charge is 2.14. The molecule has 0 aromatic heterocycles. The standard InChI is InChI=1S/C18H29N3O.HI/c1-18(2,3)21-17(19)20-13-14-9-11-16(12-10-14)22-15-7-5-4-6-8-15;/h9-12,15H,4-8,13H2,1-3H3,(H3,19,20,21);1H. The molecule has 0 radical (unpaired) electrons. The van der Waals surface area contributed by atoms with Crippen LogP contribution in [-0.2, 0) is 6.54 Å². The summed E-state index contributed by atoms with van der Waals surface area (Å²) < 4.78 is 6.03. The molecule has 1 aromatic carbocycles. The maximum Gasteiger partial charge on any atom is 0.189 e. The van der Waals surface area contributed by atoms with Crippen molar-refractivity contribution >= 4 is 29.9 Å². The number of rotatable bonds is 4. The van der Waals surface area contributed by atoms with Gasteiger partial charge < -0.3 is 15.8 Å². The van der Waals surface area contributed by atoms with E-state index in [0.717, 1.165) is 11.3 Å². The summed E-state index contributed by atoms with van der Waals surface area (Å²) in [6.45, 7) is 6.77. The summed E-state index contributed by atoms with van der Waals surface area (Å²) in [5, 5.41) is 3.16. The Hall–Kier alpha value is -0.980. The normalized spacial score (nSPS) is 16.6. The highest BCUT2D eigenvalue weighted by atomic mass is 127. The number of hydrogen-bond donors (Lipinski definition) is 2. The second-order valence-corrected chi connectivity index (χ2v) is 7.10. The van der Waals surface area contributed by atoms with Crippen molar-refractivity contribution in [1.82, 2.24) is 5.32 Å². The molecule has 1 aliphatic rings. The number of halogens is 1. The lowest BCUT2D eigenvalue weighted by atomic mass is 9.98. The highest BCUT2D eigenvalue weighted by Crippen LogP contribution is 2.23. The Kier molecular flexibility index (Phi) is 8.16. The molecule has 2 rings (SSSR count). The van der Waals surface area contributed by atoms with Crippen LogP contribution < -0.4 is 15.8 Å². The van der Waals surface area contributed by atoms with Crippen LogP contribution >= 0.6 is 24.0 Å². The van der Waals surface area contributed by atoms with Crippen LogP contribution in [0.4, 0.5) is 0 Å². The van der Waals surface area contributed by atoms with Crippen molar-refractivity contribution < 1.29 is 4.74 Å². The van der Waals surface area contributed by atoms with Crippen molar-refractivity contribution in [1.29, 1.82) is 0 Å².